The third-order valence-corrected chi connectivity index (χ3v) is 5.42. The molecule has 4 rings (SSSR count). The third-order valence-electron chi connectivity index (χ3n) is 5.42. The molecule has 134 valence electrons. The van der Waals surface area contributed by atoms with Crippen LogP contribution >= 0.6 is 0 Å². The molecule has 0 bridgehead atoms. The second kappa shape index (κ2) is 6.65. The molecule has 0 spiro atoms. The van der Waals surface area contributed by atoms with Gasteiger partial charge in [0.25, 0.3) is 0 Å². The van der Waals surface area contributed by atoms with E-state index >= 15 is 0 Å². The van der Waals surface area contributed by atoms with E-state index < -0.39 is 11.5 Å². The molecule has 2 fully saturated rings. The highest BCUT2D eigenvalue weighted by Gasteiger charge is 2.44. The molecule has 2 saturated heterocycles. The molecule has 2 aromatic heterocycles. The molecule has 1 N–H and O–H groups in total. The number of likely N-dealkylation sites (tertiary alicyclic amines) is 1. The Morgan fingerprint density at radius 2 is 2.20 bits per heavy atom. The lowest BCUT2D eigenvalue weighted by Gasteiger charge is -2.39. The van der Waals surface area contributed by atoms with E-state index in [4.69, 9.17) is 9.15 Å². The van der Waals surface area contributed by atoms with Gasteiger partial charge in [0.2, 0.25) is 0 Å². The second-order valence-electron chi connectivity index (χ2n) is 6.99. The van der Waals surface area contributed by atoms with Crippen LogP contribution in [0.15, 0.2) is 35.1 Å². The van der Waals surface area contributed by atoms with Gasteiger partial charge in [0, 0.05) is 32.4 Å². The minimum absolute atomic E-state index is 0.551. The van der Waals surface area contributed by atoms with Crippen molar-refractivity contribution < 1.29 is 19.1 Å². The van der Waals surface area contributed by atoms with E-state index in [9.17, 15) is 9.90 Å². The summed E-state index contributed by atoms with van der Waals surface area (Å²) >= 11 is 0. The molecule has 0 aliphatic carbocycles. The lowest BCUT2D eigenvalue weighted by Crippen LogP contribution is -2.52. The number of carbonyl (C=O) groups is 1. The van der Waals surface area contributed by atoms with E-state index in [1.165, 1.54) is 0 Å². The highest BCUT2D eigenvalue weighted by Crippen LogP contribution is 2.32. The first kappa shape index (κ1) is 16.4. The Balaban J connectivity index is 1.49. The summed E-state index contributed by atoms with van der Waals surface area (Å²) in [6.45, 7) is 4.19. The number of aromatic nitrogens is 2. The molecule has 25 heavy (non-hydrogen) atoms. The van der Waals surface area contributed by atoms with Gasteiger partial charge in [0.1, 0.15) is 5.69 Å². The Kier molecular flexibility index (Phi) is 4.35. The van der Waals surface area contributed by atoms with Crippen molar-refractivity contribution in [3.05, 3.63) is 30.7 Å². The largest absolute Gasteiger partial charge is 0.479 e. The molecular weight excluding hydrogens is 322 g/mol. The Labute approximate surface area is 146 Å². The van der Waals surface area contributed by atoms with Crippen LogP contribution in [0.2, 0.25) is 0 Å². The minimum Gasteiger partial charge on any atom is -0.479 e. The minimum atomic E-state index is -0.979. The lowest BCUT2D eigenvalue weighted by atomic mass is 9.87. The Bertz CT molecular complexity index is 711. The molecule has 0 saturated carbocycles. The number of piperidine rings is 1. The van der Waals surface area contributed by atoms with E-state index in [1.807, 2.05) is 12.1 Å². The highest BCUT2D eigenvalue weighted by molar-refractivity contribution is 5.77. The van der Waals surface area contributed by atoms with Crippen molar-refractivity contribution in [1.82, 2.24) is 14.7 Å². The molecule has 7 nitrogen and oxygen atoms in total. The fourth-order valence-corrected chi connectivity index (χ4v) is 3.86. The predicted molar refractivity (Wildman–Crippen MR) is 90.1 cm³/mol. The predicted octanol–water partition coefficient (Wildman–Crippen LogP) is 2.06. The summed E-state index contributed by atoms with van der Waals surface area (Å²) in [6, 6.07) is 5.44. The van der Waals surface area contributed by atoms with Crippen molar-refractivity contribution in [3.8, 4) is 11.5 Å². The quantitative estimate of drug-likeness (QED) is 0.893. The number of rotatable bonds is 5. The van der Waals surface area contributed by atoms with E-state index in [1.54, 1.807) is 23.2 Å². The van der Waals surface area contributed by atoms with E-state index in [-0.39, 0.29) is 0 Å². The lowest BCUT2D eigenvalue weighted by molar-refractivity contribution is -0.151. The molecule has 2 aliphatic rings. The maximum absolute atomic E-state index is 12.1. The van der Waals surface area contributed by atoms with Crippen molar-refractivity contribution in [1.29, 1.82) is 0 Å². The van der Waals surface area contributed by atoms with Crippen molar-refractivity contribution in [2.45, 2.75) is 24.8 Å². The van der Waals surface area contributed by atoms with Gasteiger partial charge in [-0.05, 0) is 43.4 Å². The summed E-state index contributed by atoms with van der Waals surface area (Å²) < 4.78 is 12.4. The normalized spacial score (nSPS) is 23.8. The molecule has 0 aromatic carbocycles. The van der Waals surface area contributed by atoms with Gasteiger partial charge in [-0.1, -0.05) is 0 Å². The summed E-state index contributed by atoms with van der Waals surface area (Å²) in [6.07, 6.45) is 5.55. The van der Waals surface area contributed by atoms with Crippen molar-refractivity contribution in [2.24, 2.45) is 5.92 Å². The zero-order valence-corrected chi connectivity index (χ0v) is 14.1. The molecule has 0 radical (unpaired) electrons. The zero-order valence-electron chi connectivity index (χ0n) is 14.1. The van der Waals surface area contributed by atoms with Crippen LogP contribution in [0.5, 0.6) is 0 Å². The maximum atomic E-state index is 12.1. The molecule has 0 amide bonds. The number of furan rings is 1. The van der Waals surface area contributed by atoms with Crippen molar-refractivity contribution in [3.63, 3.8) is 0 Å². The van der Waals surface area contributed by atoms with Gasteiger partial charge < -0.3 is 19.2 Å². The molecule has 2 aromatic rings. The van der Waals surface area contributed by atoms with E-state index in [0.717, 1.165) is 39.3 Å². The molecule has 4 heterocycles. The third kappa shape index (κ3) is 3.09. The molecule has 7 heteroatoms. The second-order valence-corrected chi connectivity index (χ2v) is 6.99. The van der Waals surface area contributed by atoms with E-state index in [2.05, 4.69) is 10.00 Å². The summed E-state index contributed by atoms with van der Waals surface area (Å²) in [5.41, 5.74) is -0.316. The zero-order chi connectivity index (χ0) is 17.3. The standard InChI is InChI=1S/C18H23N3O4/c22-17(23)18(21-7-3-15(19-21)16-2-1-10-25-16)5-8-20(9-6-18)12-14-4-11-24-13-14/h1-3,7,10,14H,4-6,8-9,11-13H2,(H,22,23)/t14-/m0/s1. The fourth-order valence-electron chi connectivity index (χ4n) is 3.86. The van der Waals surface area contributed by atoms with Crippen LogP contribution in [0.1, 0.15) is 19.3 Å². The molecular formula is C18H23N3O4. The smallest absolute Gasteiger partial charge is 0.331 e. The Morgan fingerprint density at radius 3 is 2.84 bits per heavy atom. The monoisotopic (exact) mass is 345 g/mol. The van der Waals surface area contributed by atoms with Crippen LogP contribution in [-0.4, -0.2) is 58.6 Å². The fraction of sp³-hybridized carbons (Fsp3) is 0.556. The number of carboxylic acids is 1. The number of ether oxygens (including phenoxy) is 1. The first-order valence-corrected chi connectivity index (χ1v) is 8.81. The van der Waals surface area contributed by atoms with Crippen LogP contribution in [0.4, 0.5) is 0 Å². The number of carboxylic acid groups (broad SMARTS) is 1. The highest BCUT2D eigenvalue weighted by atomic mass is 16.5. The van der Waals surface area contributed by atoms with Crippen LogP contribution < -0.4 is 0 Å². The van der Waals surface area contributed by atoms with Gasteiger partial charge in [0.05, 0.1) is 12.9 Å². The molecule has 0 unspecified atom stereocenters. The summed E-state index contributed by atoms with van der Waals surface area (Å²) in [5, 5.41) is 14.4. The maximum Gasteiger partial charge on any atom is 0.331 e. The van der Waals surface area contributed by atoms with Crippen LogP contribution in [0.3, 0.4) is 0 Å². The number of aliphatic carboxylic acids is 1. The molecule has 1 atom stereocenters. The number of nitrogens with zero attached hydrogens (tertiary/aromatic N) is 3. The van der Waals surface area contributed by atoms with Gasteiger partial charge in [-0.2, -0.15) is 5.10 Å². The van der Waals surface area contributed by atoms with E-state index in [0.29, 0.717) is 30.2 Å². The topological polar surface area (TPSA) is 80.7 Å². The number of hydrogen-bond donors (Lipinski definition) is 1. The van der Waals surface area contributed by atoms with Crippen LogP contribution in [-0.2, 0) is 15.1 Å². The van der Waals surface area contributed by atoms with Gasteiger partial charge in [-0.15, -0.1) is 0 Å². The Hall–Kier alpha value is -2.12. The van der Waals surface area contributed by atoms with Crippen molar-refractivity contribution >= 4 is 5.97 Å². The SMILES string of the molecule is O=C(O)C1(n2ccc(-c3ccco3)n2)CCN(C[C@@H]2CCOC2)CC1. The van der Waals surface area contributed by atoms with Gasteiger partial charge >= 0.3 is 5.97 Å². The molecule has 2 aliphatic heterocycles. The average molecular weight is 345 g/mol. The van der Waals surface area contributed by atoms with Gasteiger partial charge in [-0.3, -0.25) is 4.68 Å². The van der Waals surface area contributed by atoms with Gasteiger partial charge in [-0.25, -0.2) is 4.79 Å². The van der Waals surface area contributed by atoms with Crippen LogP contribution in [0, 0.1) is 5.92 Å². The summed E-state index contributed by atoms with van der Waals surface area (Å²) in [4.78, 5) is 14.5. The van der Waals surface area contributed by atoms with Gasteiger partial charge in [0.15, 0.2) is 11.3 Å². The number of hydrogen-bond acceptors (Lipinski definition) is 5. The Morgan fingerprint density at radius 1 is 1.36 bits per heavy atom. The average Bonchev–Trinajstić information content (AvgIpc) is 3.37. The summed E-state index contributed by atoms with van der Waals surface area (Å²) in [7, 11) is 0. The summed E-state index contributed by atoms with van der Waals surface area (Å²) in [5.74, 6) is 0.413. The first-order valence-electron chi connectivity index (χ1n) is 8.81. The van der Waals surface area contributed by atoms with Crippen molar-refractivity contribution in [2.75, 3.05) is 32.8 Å². The van der Waals surface area contributed by atoms with Crippen LogP contribution in [0.25, 0.3) is 11.5 Å². The first-order chi connectivity index (χ1) is 12.2.